The van der Waals surface area contributed by atoms with Crippen LogP contribution in [0.4, 0.5) is 23.3 Å². The third-order valence-corrected chi connectivity index (χ3v) is 11.3. The minimum absolute atomic E-state index is 0.0288. The summed E-state index contributed by atoms with van der Waals surface area (Å²) >= 11 is 6.58. The highest BCUT2D eigenvalue weighted by Gasteiger charge is 2.30. The molecule has 1 unspecified atom stereocenters. The molecule has 0 saturated carbocycles. The van der Waals surface area contributed by atoms with Crippen LogP contribution in [0, 0.1) is 11.1 Å². The van der Waals surface area contributed by atoms with Gasteiger partial charge in [-0.3, -0.25) is 29.0 Å². The van der Waals surface area contributed by atoms with Crippen molar-refractivity contribution >= 4 is 63.5 Å². The monoisotopic (exact) mass is 815 g/mol. The third-order valence-electron chi connectivity index (χ3n) is 11.0. The second kappa shape index (κ2) is 17.9. The van der Waals surface area contributed by atoms with Crippen molar-refractivity contribution in [2.45, 2.75) is 51.6 Å². The number of rotatable bonds is 12. The molecule has 3 saturated heterocycles. The van der Waals surface area contributed by atoms with Crippen LogP contribution in [0.5, 0.6) is 5.75 Å². The predicted octanol–water partition coefficient (Wildman–Crippen LogP) is 2.57. The summed E-state index contributed by atoms with van der Waals surface area (Å²) in [6.07, 6.45) is 4.36. The molecule has 3 fully saturated rings. The molecule has 3 amide bonds. The molecule has 18 heteroatoms. The zero-order valence-corrected chi connectivity index (χ0v) is 33.8. The van der Waals surface area contributed by atoms with Crippen molar-refractivity contribution in [1.29, 1.82) is 0 Å². The van der Waals surface area contributed by atoms with E-state index >= 15 is 0 Å². The van der Waals surface area contributed by atoms with Gasteiger partial charge in [-0.15, -0.1) is 0 Å². The Morgan fingerprint density at radius 2 is 1.81 bits per heavy atom. The Labute approximate surface area is 341 Å². The fourth-order valence-electron chi connectivity index (χ4n) is 7.81. The summed E-state index contributed by atoms with van der Waals surface area (Å²) in [6, 6.07) is 12.0. The number of nitrogens with zero attached hydrogens (tertiary/aromatic N) is 7. The summed E-state index contributed by atoms with van der Waals surface area (Å²) in [5.74, 6) is 1.28. The maximum Gasteiger partial charge on any atom is 0.293 e. The number of piperazine rings is 1. The molecule has 6 heterocycles. The van der Waals surface area contributed by atoms with Gasteiger partial charge < -0.3 is 40.7 Å². The van der Waals surface area contributed by atoms with Gasteiger partial charge in [-0.1, -0.05) is 11.6 Å². The maximum atomic E-state index is 13.3. The molecule has 0 radical (unpaired) electrons. The highest BCUT2D eigenvalue weighted by atomic mass is 35.5. The normalized spacial score (nSPS) is 17.9. The number of hydrogen-bond acceptors (Lipinski definition) is 12. The minimum Gasteiger partial charge on any atom is -0.710 e. The van der Waals surface area contributed by atoms with Gasteiger partial charge in [-0.2, -0.15) is 4.98 Å². The first-order valence-electron chi connectivity index (χ1n) is 19.8. The van der Waals surface area contributed by atoms with Gasteiger partial charge in [0.15, 0.2) is 23.9 Å². The van der Waals surface area contributed by atoms with Crippen LogP contribution in [0.25, 0.3) is 10.9 Å². The van der Waals surface area contributed by atoms with Crippen LogP contribution >= 0.6 is 11.6 Å². The van der Waals surface area contributed by atoms with Crippen molar-refractivity contribution in [1.82, 2.24) is 35.4 Å². The van der Waals surface area contributed by atoms with E-state index in [9.17, 15) is 24.4 Å². The van der Waals surface area contributed by atoms with E-state index in [0.29, 0.717) is 53.6 Å². The van der Waals surface area contributed by atoms with Gasteiger partial charge in [0.2, 0.25) is 11.9 Å². The van der Waals surface area contributed by atoms with Crippen LogP contribution in [0.1, 0.15) is 56.1 Å². The molecule has 1 aromatic carbocycles. The molecule has 4 N–H and O–H groups in total. The van der Waals surface area contributed by atoms with Gasteiger partial charge in [-0.05, 0) is 75.4 Å². The molecule has 58 heavy (non-hydrogen) atoms. The highest BCUT2D eigenvalue weighted by Crippen LogP contribution is 2.29. The Morgan fingerprint density at radius 1 is 1.03 bits per heavy atom. The molecule has 3 aromatic heterocycles. The molecule has 3 aliphatic rings. The Bertz CT molecular complexity index is 2210. The van der Waals surface area contributed by atoms with E-state index in [2.05, 4.69) is 41.0 Å². The molecule has 4 aromatic rings. The number of pyridine rings is 2. The largest absolute Gasteiger partial charge is 0.710 e. The van der Waals surface area contributed by atoms with Gasteiger partial charge in [0.25, 0.3) is 23.2 Å². The summed E-state index contributed by atoms with van der Waals surface area (Å²) in [7, 11) is 1.51. The number of amides is 3. The number of piperidine rings is 2. The number of anilines is 4. The summed E-state index contributed by atoms with van der Waals surface area (Å²) in [6.45, 7) is 9.54. The highest BCUT2D eigenvalue weighted by molar-refractivity contribution is 6.33. The number of carbonyl (C=O) groups is 3. The summed E-state index contributed by atoms with van der Waals surface area (Å²) in [5.41, 5.74) is 1.17. The molecule has 1 atom stereocenters. The van der Waals surface area contributed by atoms with E-state index in [0.717, 1.165) is 74.3 Å². The van der Waals surface area contributed by atoms with Crippen LogP contribution in [-0.4, -0.2) is 109 Å². The molecule has 7 rings (SSSR count). The first-order valence-corrected chi connectivity index (χ1v) is 20.2. The number of hydrogen-bond donors (Lipinski definition) is 4. The maximum absolute atomic E-state index is 13.3. The van der Waals surface area contributed by atoms with Crippen molar-refractivity contribution in [3.05, 3.63) is 74.9 Å². The van der Waals surface area contributed by atoms with Gasteiger partial charge in [0, 0.05) is 82.0 Å². The second-order valence-corrected chi connectivity index (χ2v) is 15.7. The lowest BCUT2D eigenvalue weighted by Crippen LogP contribution is -2.52. The van der Waals surface area contributed by atoms with Gasteiger partial charge in [0.05, 0.1) is 24.8 Å². The Morgan fingerprint density at radius 3 is 2.52 bits per heavy atom. The number of benzene rings is 1. The minimum atomic E-state index is -0.435. The van der Waals surface area contributed by atoms with Crippen molar-refractivity contribution in [2.75, 3.05) is 81.1 Å². The van der Waals surface area contributed by atoms with Gasteiger partial charge >= 0.3 is 0 Å². The molecule has 17 nitrogen and oxygen atoms in total. The van der Waals surface area contributed by atoms with Crippen LogP contribution in [0.15, 0.2) is 53.5 Å². The Kier molecular flexibility index (Phi) is 12.5. The van der Waals surface area contributed by atoms with Crippen molar-refractivity contribution in [2.24, 2.45) is 5.92 Å². The van der Waals surface area contributed by atoms with Crippen molar-refractivity contribution < 1.29 is 23.9 Å². The smallest absolute Gasteiger partial charge is 0.293 e. The number of nitrogens with one attached hydrogen (secondary N) is 4. The summed E-state index contributed by atoms with van der Waals surface area (Å²) in [4.78, 5) is 65.5. The zero-order valence-electron chi connectivity index (χ0n) is 33.0. The first kappa shape index (κ1) is 40.5. The lowest BCUT2D eigenvalue weighted by Gasteiger charge is -2.38. The van der Waals surface area contributed by atoms with Crippen LogP contribution < -0.4 is 46.1 Å². The lowest BCUT2D eigenvalue weighted by atomic mass is 9.96. The predicted molar refractivity (Wildman–Crippen MR) is 221 cm³/mol. The quantitative estimate of drug-likeness (QED) is 0.121. The zero-order chi connectivity index (χ0) is 40.9. The standard InChI is InChI=1S/C40H50ClN11O6/c1-25(2)51-31-9-7-28(19-27(31)20-33(39(51)56)58-24-35(54)42-3)45-37-30(41)22-44-40(47-37)50-17-15-48(16-18-50)23-26-11-13-49(14-12-26)36-6-4-5-32(52(36)57)38(55)46-29-8-10-34(53)43-21-29/h4-7,9,19-20,22,25-26,29H,8,10-18,21,23-24H2,1-3H3,(H,42,54)(H,43,53)(H,46,55)(H,44,45,47). The Hall–Kier alpha value is -5.68. The number of likely N-dealkylation sites (N-methyl/N-ethyl adjacent to an activating group) is 1. The van der Waals surface area contributed by atoms with E-state index < -0.39 is 5.91 Å². The number of fused-ring (bicyclic) bond motifs is 1. The lowest BCUT2D eigenvalue weighted by molar-refractivity contribution is -0.594. The Balaban J connectivity index is 0.928. The van der Waals surface area contributed by atoms with Crippen LogP contribution in [0.2, 0.25) is 5.02 Å². The SMILES string of the molecule is CNC(=O)COc1cc2cc(Nc3nc(N4CCN(CC5CCN(c6cccc(C(=O)NC7CCC(=O)NC7)[n+]6[O-])CC5)CC4)ncc3Cl)ccc2n(C(C)C)c1=O. The second-order valence-electron chi connectivity index (χ2n) is 15.3. The van der Waals surface area contributed by atoms with Crippen LogP contribution in [-0.2, 0) is 9.59 Å². The molecular formula is C40H50ClN11O6. The summed E-state index contributed by atoms with van der Waals surface area (Å²) < 4.78 is 7.98. The topological polar surface area (TPSA) is 193 Å². The van der Waals surface area contributed by atoms with Crippen molar-refractivity contribution in [3.8, 4) is 5.75 Å². The molecule has 3 aliphatic heterocycles. The van der Waals surface area contributed by atoms with E-state index in [1.165, 1.54) is 13.1 Å². The number of ether oxygens (including phenoxy) is 1. The summed E-state index contributed by atoms with van der Waals surface area (Å²) in [5, 5.41) is 25.9. The van der Waals surface area contributed by atoms with E-state index in [-0.39, 0.29) is 47.5 Å². The molecule has 0 bridgehead atoms. The molecule has 0 spiro atoms. The van der Waals surface area contributed by atoms with Crippen molar-refractivity contribution in [3.63, 3.8) is 0 Å². The third kappa shape index (κ3) is 9.20. The fourth-order valence-corrected chi connectivity index (χ4v) is 7.94. The van der Waals surface area contributed by atoms with E-state index in [4.69, 9.17) is 21.3 Å². The van der Waals surface area contributed by atoms with Gasteiger partial charge in [-0.25, -0.2) is 9.71 Å². The number of halogens is 1. The average Bonchev–Trinajstić information content (AvgIpc) is 3.22. The average molecular weight is 816 g/mol. The molecule has 308 valence electrons. The van der Waals surface area contributed by atoms with Gasteiger partial charge in [0.1, 0.15) is 5.02 Å². The van der Waals surface area contributed by atoms with Crippen LogP contribution in [0.3, 0.4) is 0 Å². The first-order chi connectivity index (χ1) is 28.0. The van der Waals surface area contributed by atoms with E-state index in [1.807, 2.05) is 32.0 Å². The molecule has 0 aliphatic carbocycles. The van der Waals surface area contributed by atoms with E-state index in [1.54, 1.807) is 29.0 Å². The fraction of sp³-hybridized carbons (Fsp3) is 0.475. The number of aromatic nitrogens is 4. The molecular weight excluding hydrogens is 766 g/mol. The number of carbonyl (C=O) groups excluding carboxylic acids is 3.